The third kappa shape index (κ3) is 3.43. The van der Waals surface area contributed by atoms with E-state index in [9.17, 15) is 9.90 Å². The summed E-state index contributed by atoms with van der Waals surface area (Å²) >= 11 is 6.04. The lowest BCUT2D eigenvalue weighted by atomic mass is 10.1. The third-order valence-electron chi connectivity index (χ3n) is 2.46. The summed E-state index contributed by atoms with van der Waals surface area (Å²) in [5.41, 5.74) is 1.23. The first-order valence-corrected chi connectivity index (χ1v) is 5.64. The second-order valence-corrected chi connectivity index (χ2v) is 4.34. The zero-order valence-electron chi connectivity index (χ0n) is 9.85. The minimum Gasteiger partial charge on any atom is -0.394 e. The molecule has 0 bridgehead atoms. The van der Waals surface area contributed by atoms with Gasteiger partial charge in [0.1, 0.15) is 0 Å². The zero-order valence-corrected chi connectivity index (χ0v) is 10.6. The van der Waals surface area contributed by atoms with Gasteiger partial charge in [0.2, 0.25) is 0 Å². The Balaban J connectivity index is 2.85. The second kappa shape index (κ2) is 6.00. The van der Waals surface area contributed by atoms with Crippen LogP contribution in [0.15, 0.2) is 18.2 Å². The van der Waals surface area contributed by atoms with Crippen molar-refractivity contribution in [2.75, 3.05) is 20.2 Å². The van der Waals surface area contributed by atoms with Crippen molar-refractivity contribution in [3.8, 4) is 0 Å². The van der Waals surface area contributed by atoms with Crippen molar-refractivity contribution in [3.63, 3.8) is 0 Å². The average Bonchev–Trinajstić information content (AvgIpc) is 2.31. The van der Waals surface area contributed by atoms with Gasteiger partial charge in [-0.1, -0.05) is 23.7 Å². The molecule has 0 heterocycles. The Labute approximate surface area is 105 Å². The van der Waals surface area contributed by atoms with Gasteiger partial charge in [0, 0.05) is 13.6 Å². The molecule has 0 aromatic heterocycles. The molecule has 1 aromatic carbocycles. The van der Waals surface area contributed by atoms with E-state index >= 15 is 0 Å². The molecular weight excluding hydrogens is 242 g/mol. The lowest BCUT2D eigenvalue weighted by molar-refractivity contribution is 0.0520. The molecule has 0 spiro atoms. The van der Waals surface area contributed by atoms with Gasteiger partial charge in [-0.2, -0.15) is 0 Å². The number of hydrogen-bond acceptors (Lipinski definition) is 3. The van der Waals surface area contributed by atoms with Crippen molar-refractivity contribution in [3.05, 3.63) is 34.3 Å². The molecule has 0 aliphatic heterocycles. The number of amides is 1. The van der Waals surface area contributed by atoms with Crippen LogP contribution in [0.4, 0.5) is 0 Å². The molecule has 4 nitrogen and oxygen atoms in total. The highest BCUT2D eigenvalue weighted by Gasteiger charge is 2.18. The number of nitrogens with zero attached hydrogens (tertiary/aromatic N) is 1. The SMILES string of the molecule is Cc1cccc(C(=O)N(C)C[C@H](O)CO)c1Cl. The van der Waals surface area contributed by atoms with Gasteiger partial charge in [-0.05, 0) is 18.6 Å². The smallest absolute Gasteiger partial charge is 0.255 e. The van der Waals surface area contributed by atoms with Crippen LogP contribution in [0.2, 0.25) is 5.02 Å². The number of halogens is 1. The van der Waals surface area contributed by atoms with Crippen molar-refractivity contribution in [1.29, 1.82) is 0 Å². The third-order valence-corrected chi connectivity index (χ3v) is 2.97. The van der Waals surface area contributed by atoms with Crippen molar-refractivity contribution < 1.29 is 15.0 Å². The van der Waals surface area contributed by atoms with Crippen LogP contribution in [-0.2, 0) is 0 Å². The molecule has 0 aliphatic carbocycles. The molecule has 17 heavy (non-hydrogen) atoms. The summed E-state index contributed by atoms with van der Waals surface area (Å²) in [7, 11) is 1.56. The zero-order chi connectivity index (χ0) is 13.0. The van der Waals surface area contributed by atoms with E-state index in [2.05, 4.69) is 0 Å². The van der Waals surface area contributed by atoms with E-state index in [1.165, 1.54) is 4.90 Å². The van der Waals surface area contributed by atoms with Gasteiger partial charge in [-0.15, -0.1) is 0 Å². The molecule has 1 atom stereocenters. The van der Waals surface area contributed by atoms with Crippen LogP contribution < -0.4 is 0 Å². The maximum atomic E-state index is 12.0. The first kappa shape index (κ1) is 14.0. The van der Waals surface area contributed by atoms with Crippen LogP contribution in [0.1, 0.15) is 15.9 Å². The minimum absolute atomic E-state index is 0.0691. The molecule has 94 valence electrons. The Bertz CT molecular complexity index is 409. The van der Waals surface area contributed by atoms with Gasteiger partial charge in [0.25, 0.3) is 5.91 Å². The minimum atomic E-state index is -0.937. The maximum Gasteiger partial charge on any atom is 0.255 e. The summed E-state index contributed by atoms with van der Waals surface area (Å²) in [6.07, 6.45) is -0.937. The highest BCUT2D eigenvalue weighted by atomic mass is 35.5. The van der Waals surface area contributed by atoms with Crippen LogP contribution >= 0.6 is 11.6 Å². The van der Waals surface area contributed by atoms with Gasteiger partial charge in [-0.25, -0.2) is 0 Å². The number of rotatable bonds is 4. The van der Waals surface area contributed by atoms with Crippen molar-refractivity contribution in [1.82, 2.24) is 4.90 Å². The van der Waals surface area contributed by atoms with Crippen LogP contribution in [0, 0.1) is 6.92 Å². The van der Waals surface area contributed by atoms with Gasteiger partial charge in [-0.3, -0.25) is 4.79 Å². The molecule has 1 aromatic rings. The predicted octanol–water partition coefficient (Wildman–Crippen LogP) is 1.07. The molecule has 5 heteroatoms. The summed E-state index contributed by atoms with van der Waals surface area (Å²) in [4.78, 5) is 13.4. The van der Waals surface area contributed by atoms with Crippen LogP contribution in [-0.4, -0.2) is 47.3 Å². The summed E-state index contributed by atoms with van der Waals surface area (Å²) in [5, 5.41) is 18.4. The molecule has 0 saturated heterocycles. The Kier molecular flexibility index (Phi) is 4.93. The molecule has 1 amide bonds. The summed E-state index contributed by atoms with van der Waals surface area (Å²) in [6, 6.07) is 5.21. The largest absolute Gasteiger partial charge is 0.394 e. The number of carbonyl (C=O) groups is 1. The van der Waals surface area contributed by atoms with Gasteiger partial charge >= 0.3 is 0 Å². The summed E-state index contributed by atoms with van der Waals surface area (Å²) in [5.74, 6) is -0.272. The molecule has 0 fully saturated rings. The number of aliphatic hydroxyl groups is 2. The lowest BCUT2D eigenvalue weighted by Crippen LogP contribution is -2.36. The van der Waals surface area contributed by atoms with Crippen molar-refractivity contribution >= 4 is 17.5 Å². The monoisotopic (exact) mass is 257 g/mol. The number of aryl methyl sites for hydroxylation is 1. The highest BCUT2D eigenvalue weighted by Crippen LogP contribution is 2.21. The average molecular weight is 258 g/mol. The fraction of sp³-hybridized carbons (Fsp3) is 0.417. The Hall–Kier alpha value is -1.10. The topological polar surface area (TPSA) is 60.8 Å². The summed E-state index contributed by atoms with van der Waals surface area (Å²) < 4.78 is 0. The van der Waals surface area contributed by atoms with E-state index in [4.69, 9.17) is 16.7 Å². The number of likely N-dealkylation sites (N-methyl/N-ethyl adjacent to an activating group) is 1. The van der Waals surface area contributed by atoms with E-state index in [1.807, 2.05) is 13.0 Å². The molecule has 2 N–H and O–H groups in total. The van der Waals surface area contributed by atoms with Crippen molar-refractivity contribution in [2.45, 2.75) is 13.0 Å². The van der Waals surface area contributed by atoms with E-state index < -0.39 is 6.10 Å². The number of hydrogen-bond donors (Lipinski definition) is 2. The molecule has 0 aliphatic rings. The Morgan fingerprint density at radius 2 is 2.18 bits per heavy atom. The normalized spacial score (nSPS) is 12.3. The number of carbonyl (C=O) groups excluding carboxylic acids is 1. The van der Waals surface area contributed by atoms with Gasteiger partial charge in [0.05, 0.1) is 23.3 Å². The standard InChI is InChI=1S/C12H16ClNO3/c1-8-4-3-5-10(11(8)13)12(17)14(2)6-9(16)7-15/h3-5,9,15-16H,6-7H2,1-2H3/t9-/m0/s1. The quantitative estimate of drug-likeness (QED) is 0.848. The van der Waals surface area contributed by atoms with Gasteiger partial charge in [0.15, 0.2) is 0 Å². The van der Waals surface area contributed by atoms with Crippen LogP contribution in [0.3, 0.4) is 0 Å². The fourth-order valence-corrected chi connectivity index (χ4v) is 1.68. The van der Waals surface area contributed by atoms with Crippen molar-refractivity contribution in [2.24, 2.45) is 0 Å². The van der Waals surface area contributed by atoms with E-state index in [1.54, 1.807) is 19.2 Å². The number of aliphatic hydroxyl groups excluding tert-OH is 2. The first-order chi connectivity index (χ1) is 7.97. The lowest BCUT2D eigenvalue weighted by Gasteiger charge is -2.20. The van der Waals surface area contributed by atoms with Gasteiger partial charge < -0.3 is 15.1 Å². The molecule has 0 saturated carbocycles. The van der Waals surface area contributed by atoms with E-state index in [0.29, 0.717) is 10.6 Å². The molecule has 1 rings (SSSR count). The first-order valence-electron chi connectivity index (χ1n) is 5.27. The number of benzene rings is 1. The maximum absolute atomic E-state index is 12.0. The predicted molar refractivity (Wildman–Crippen MR) is 66.2 cm³/mol. The van der Waals surface area contributed by atoms with Crippen LogP contribution in [0.25, 0.3) is 0 Å². The molecular formula is C12H16ClNO3. The second-order valence-electron chi connectivity index (χ2n) is 3.96. The Morgan fingerprint density at radius 3 is 2.76 bits per heavy atom. The van der Waals surface area contributed by atoms with E-state index in [-0.39, 0.29) is 19.1 Å². The van der Waals surface area contributed by atoms with E-state index in [0.717, 1.165) is 5.56 Å². The fourth-order valence-electron chi connectivity index (χ4n) is 1.47. The van der Waals surface area contributed by atoms with Crippen LogP contribution in [0.5, 0.6) is 0 Å². The Morgan fingerprint density at radius 1 is 1.53 bits per heavy atom. The highest BCUT2D eigenvalue weighted by molar-refractivity contribution is 6.34. The molecule has 0 radical (unpaired) electrons. The summed E-state index contributed by atoms with van der Waals surface area (Å²) in [6.45, 7) is 1.51. The molecule has 0 unspecified atom stereocenters.